The van der Waals surface area contributed by atoms with Crippen LogP contribution >= 0.6 is 0 Å². The lowest BCUT2D eigenvalue weighted by Crippen LogP contribution is -2.54. The second-order valence-corrected chi connectivity index (χ2v) is 11.4. The molecule has 0 aliphatic carbocycles. The molecule has 0 bridgehead atoms. The van der Waals surface area contributed by atoms with Gasteiger partial charge in [0.2, 0.25) is 17.7 Å². The molecular weight excluding hydrogens is 552 g/mol. The molecule has 0 aliphatic rings. The molecule has 14 heteroatoms. The van der Waals surface area contributed by atoms with Crippen molar-refractivity contribution in [2.75, 3.05) is 13.7 Å². The quantitative estimate of drug-likeness (QED) is 0.167. The van der Waals surface area contributed by atoms with Gasteiger partial charge in [0.1, 0.15) is 35.1 Å². The number of methoxy groups -OCH3 is 1. The number of esters is 1. The Labute approximate surface area is 245 Å². The van der Waals surface area contributed by atoms with E-state index < -0.39 is 71.8 Å². The fraction of sp³-hybridized carbons (Fsp3) is 0.571. The van der Waals surface area contributed by atoms with E-state index >= 15 is 0 Å². The highest BCUT2D eigenvalue weighted by atomic mass is 16.7. The molecule has 42 heavy (non-hydrogen) atoms. The summed E-state index contributed by atoms with van der Waals surface area (Å²) < 4.78 is 20.1. The van der Waals surface area contributed by atoms with E-state index in [-0.39, 0.29) is 12.2 Å². The van der Waals surface area contributed by atoms with Gasteiger partial charge in [-0.05, 0) is 73.1 Å². The Morgan fingerprint density at radius 3 is 1.86 bits per heavy atom. The van der Waals surface area contributed by atoms with Crippen molar-refractivity contribution >= 4 is 35.9 Å². The molecule has 0 saturated carbocycles. The van der Waals surface area contributed by atoms with Crippen LogP contribution in [0.25, 0.3) is 0 Å². The van der Waals surface area contributed by atoms with E-state index in [0.717, 1.165) is 0 Å². The second-order valence-electron chi connectivity index (χ2n) is 11.4. The third-order valence-corrected chi connectivity index (χ3v) is 5.07. The Bertz CT molecular complexity index is 1120. The lowest BCUT2D eigenvalue weighted by atomic mass is 10.0. The third-order valence-electron chi connectivity index (χ3n) is 5.07. The van der Waals surface area contributed by atoms with Gasteiger partial charge in [0.05, 0.1) is 13.7 Å². The van der Waals surface area contributed by atoms with Crippen molar-refractivity contribution in [1.29, 1.82) is 0 Å². The van der Waals surface area contributed by atoms with Crippen LogP contribution in [0, 0.1) is 0 Å². The van der Waals surface area contributed by atoms with Crippen molar-refractivity contribution in [2.45, 2.75) is 91.1 Å². The standard InChI is InChI=1S/C28H42N4O10/c1-16(22(34)29-15-21(33)30-17(2)24(36)39-9)31-23(35)20(32-25(37)41-27(3,4)5)14-18-10-12-19(13-11-18)40-26(38)42-28(6,7)8/h10-13,16-17,20H,14-15H2,1-9H3,(H,29,34)(H,30,33)(H,31,35)(H,32,37)/t16-,17-,20?/m0/s1. The molecule has 4 N–H and O–H groups in total. The first-order valence-corrected chi connectivity index (χ1v) is 13.2. The van der Waals surface area contributed by atoms with E-state index in [1.165, 1.54) is 33.1 Å². The van der Waals surface area contributed by atoms with Gasteiger partial charge in [0.15, 0.2) is 0 Å². The van der Waals surface area contributed by atoms with Crippen molar-refractivity contribution < 1.29 is 47.7 Å². The Morgan fingerprint density at radius 1 is 0.762 bits per heavy atom. The Morgan fingerprint density at radius 2 is 1.33 bits per heavy atom. The number of rotatable bonds is 11. The number of hydrogen-bond acceptors (Lipinski definition) is 10. The maximum absolute atomic E-state index is 13.1. The molecule has 1 rings (SSSR count). The SMILES string of the molecule is COC(=O)[C@H](C)NC(=O)CNC(=O)[C@H](C)NC(=O)C(Cc1ccc(OC(=O)OC(C)(C)C)cc1)NC(=O)OC(C)(C)C. The molecule has 1 aromatic carbocycles. The number of carbonyl (C=O) groups excluding carboxylic acids is 6. The number of alkyl carbamates (subject to hydrolysis) is 1. The first-order valence-electron chi connectivity index (χ1n) is 13.2. The van der Waals surface area contributed by atoms with Crippen LogP contribution in [0.5, 0.6) is 5.75 Å². The number of carbonyl (C=O) groups is 6. The van der Waals surface area contributed by atoms with E-state index in [9.17, 15) is 28.8 Å². The van der Waals surface area contributed by atoms with Gasteiger partial charge >= 0.3 is 18.2 Å². The van der Waals surface area contributed by atoms with Crippen molar-refractivity contribution in [3.63, 3.8) is 0 Å². The molecule has 0 aromatic heterocycles. The van der Waals surface area contributed by atoms with E-state index in [2.05, 4.69) is 26.0 Å². The molecule has 1 unspecified atom stereocenters. The number of benzene rings is 1. The van der Waals surface area contributed by atoms with Crippen molar-refractivity contribution in [3.05, 3.63) is 29.8 Å². The molecule has 14 nitrogen and oxygen atoms in total. The van der Waals surface area contributed by atoms with E-state index in [4.69, 9.17) is 14.2 Å². The number of nitrogens with one attached hydrogen (secondary N) is 4. The molecule has 3 atom stereocenters. The summed E-state index contributed by atoms with van der Waals surface area (Å²) in [7, 11) is 1.18. The van der Waals surface area contributed by atoms with E-state index in [1.807, 2.05) is 0 Å². The van der Waals surface area contributed by atoms with Crippen molar-refractivity contribution in [2.24, 2.45) is 0 Å². The fourth-order valence-corrected chi connectivity index (χ4v) is 3.18. The van der Waals surface area contributed by atoms with Gasteiger partial charge in [-0.15, -0.1) is 0 Å². The lowest BCUT2D eigenvalue weighted by Gasteiger charge is -2.24. The van der Waals surface area contributed by atoms with Gasteiger partial charge < -0.3 is 40.2 Å². The Kier molecular flexibility index (Phi) is 13.2. The minimum absolute atomic E-state index is 0.0000443. The Hall–Kier alpha value is -4.36. The molecule has 0 radical (unpaired) electrons. The average Bonchev–Trinajstić information content (AvgIpc) is 2.84. The normalized spacial score (nSPS) is 13.4. The summed E-state index contributed by atoms with van der Waals surface area (Å²) in [6.45, 7) is 12.5. The number of ether oxygens (including phenoxy) is 4. The predicted molar refractivity (Wildman–Crippen MR) is 150 cm³/mol. The molecule has 0 saturated heterocycles. The Balaban J connectivity index is 2.88. The molecule has 0 fully saturated rings. The predicted octanol–water partition coefficient (Wildman–Crippen LogP) is 1.73. The molecule has 4 amide bonds. The van der Waals surface area contributed by atoms with Gasteiger partial charge in [-0.25, -0.2) is 14.4 Å². The van der Waals surface area contributed by atoms with Gasteiger partial charge in [-0.3, -0.25) is 14.4 Å². The highest BCUT2D eigenvalue weighted by molar-refractivity contribution is 5.93. The molecule has 0 aliphatic heterocycles. The first-order chi connectivity index (χ1) is 19.3. The van der Waals surface area contributed by atoms with Gasteiger partial charge in [0, 0.05) is 6.42 Å². The fourth-order valence-electron chi connectivity index (χ4n) is 3.18. The van der Waals surface area contributed by atoms with Gasteiger partial charge in [0.25, 0.3) is 0 Å². The number of amides is 4. The maximum atomic E-state index is 13.1. The molecule has 0 spiro atoms. The largest absolute Gasteiger partial charge is 0.514 e. The molecule has 0 heterocycles. The van der Waals surface area contributed by atoms with Crippen molar-refractivity contribution in [3.8, 4) is 5.75 Å². The van der Waals surface area contributed by atoms with E-state index in [0.29, 0.717) is 5.56 Å². The zero-order valence-electron chi connectivity index (χ0n) is 25.5. The van der Waals surface area contributed by atoms with Gasteiger partial charge in [-0.1, -0.05) is 12.1 Å². The number of hydrogen-bond donors (Lipinski definition) is 4. The molecule has 1 aromatic rings. The van der Waals surface area contributed by atoms with Crippen LogP contribution in [-0.4, -0.2) is 78.9 Å². The molecule has 234 valence electrons. The maximum Gasteiger partial charge on any atom is 0.514 e. The van der Waals surface area contributed by atoms with Crippen LogP contribution in [-0.2, 0) is 39.8 Å². The van der Waals surface area contributed by atoms with Crippen LogP contribution in [0.1, 0.15) is 61.0 Å². The van der Waals surface area contributed by atoms with Crippen LogP contribution in [0.4, 0.5) is 9.59 Å². The highest BCUT2D eigenvalue weighted by Crippen LogP contribution is 2.17. The highest BCUT2D eigenvalue weighted by Gasteiger charge is 2.28. The van der Waals surface area contributed by atoms with Crippen LogP contribution in [0.3, 0.4) is 0 Å². The topological polar surface area (TPSA) is 187 Å². The molecular formula is C28H42N4O10. The summed E-state index contributed by atoms with van der Waals surface area (Å²) >= 11 is 0. The first kappa shape index (κ1) is 35.7. The van der Waals surface area contributed by atoms with Gasteiger partial charge in [-0.2, -0.15) is 0 Å². The zero-order chi connectivity index (χ0) is 32.3. The van der Waals surface area contributed by atoms with Crippen LogP contribution in [0.15, 0.2) is 24.3 Å². The summed E-state index contributed by atoms with van der Waals surface area (Å²) in [5.74, 6) is -2.44. The summed E-state index contributed by atoms with van der Waals surface area (Å²) in [4.78, 5) is 73.4. The zero-order valence-corrected chi connectivity index (χ0v) is 25.5. The summed E-state index contributed by atoms with van der Waals surface area (Å²) in [6.07, 6.45) is -1.72. The van der Waals surface area contributed by atoms with Crippen LogP contribution in [0.2, 0.25) is 0 Å². The second kappa shape index (κ2) is 15.6. The minimum atomic E-state index is -1.16. The minimum Gasteiger partial charge on any atom is -0.467 e. The van der Waals surface area contributed by atoms with Crippen LogP contribution < -0.4 is 26.0 Å². The summed E-state index contributed by atoms with van der Waals surface area (Å²) in [5, 5.41) is 9.74. The van der Waals surface area contributed by atoms with Crippen molar-refractivity contribution in [1.82, 2.24) is 21.3 Å². The summed E-state index contributed by atoms with van der Waals surface area (Å²) in [6, 6.07) is 3.05. The third kappa shape index (κ3) is 14.3. The monoisotopic (exact) mass is 594 g/mol. The van der Waals surface area contributed by atoms with E-state index in [1.54, 1.807) is 53.7 Å². The lowest BCUT2D eigenvalue weighted by molar-refractivity contribution is -0.144. The summed E-state index contributed by atoms with van der Waals surface area (Å²) in [5.41, 5.74) is -0.962. The average molecular weight is 595 g/mol. The smallest absolute Gasteiger partial charge is 0.467 e.